The maximum Gasteiger partial charge on any atom is 0.224 e. The number of nitrogens with zero attached hydrogens (tertiary/aromatic N) is 2. The Balaban J connectivity index is 1.58. The Morgan fingerprint density at radius 1 is 1.12 bits per heavy atom. The first-order chi connectivity index (χ1) is 12.6. The lowest BCUT2D eigenvalue weighted by molar-refractivity contribution is -0.117. The molecule has 1 aliphatic carbocycles. The summed E-state index contributed by atoms with van der Waals surface area (Å²) < 4.78 is 0. The molecule has 6 nitrogen and oxygen atoms in total. The molecule has 1 heterocycles. The molecule has 26 heavy (non-hydrogen) atoms. The van der Waals surface area contributed by atoms with Crippen LogP contribution in [-0.2, 0) is 4.79 Å². The third kappa shape index (κ3) is 5.18. The Bertz CT molecular complexity index is 738. The molecule has 0 atom stereocenters. The van der Waals surface area contributed by atoms with Crippen molar-refractivity contribution < 1.29 is 4.79 Å². The summed E-state index contributed by atoms with van der Waals surface area (Å²) >= 11 is 0. The quantitative estimate of drug-likeness (QED) is 0.684. The van der Waals surface area contributed by atoms with Crippen molar-refractivity contribution in [3.63, 3.8) is 0 Å². The number of aromatic nitrogens is 2. The number of rotatable bonds is 7. The number of carbonyl (C=O) groups is 1. The lowest BCUT2D eigenvalue weighted by Gasteiger charge is -2.11. The molecule has 1 saturated carbocycles. The topological polar surface area (TPSA) is 78.9 Å². The minimum absolute atomic E-state index is 0.110. The number of aryl methyl sites for hydroxylation is 1. The highest BCUT2D eigenvalue weighted by Crippen LogP contribution is 2.28. The molecule has 1 aromatic carbocycles. The predicted octanol–water partition coefficient (Wildman–Crippen LogP) is 4.48. The highest BCUT2D eigenvalue weighted by molar-refractivity contribution is 5.91. The lowest BCUT2D eigenvalue weighted by atomic mass is 10.0. The van der Waals surface area contributed by atoms with E-state index in [9.17, 15) is 4.79 Å². The minimum atomic E-state index is 0.110. The fourth-order valence-electron chi connectivity index (χ4n) is 3.34. The average Bonchev–Trinajstić information content (AvgIpc) is 3.09. The van der Waals surface area contributed by atoms with Crippen LogP contribution in [0.5, 0.6) is 0 Å². The zero-order valence-electron chi connectivity index (χ0n) is 15.5. The van der Waals surface area contributed by atoms with Crippen LogP contribution in [0.2, 0.25) is 0 Å². The summed E-state index contributed by atoms with van der Waals surface area (Å²) in [7, 11) is 0. The van der Waals surface area contributed by atoms with Gasteiger partial charge in [0, 0.05) is 36.1 Å². The van der Waals surface area contributed by atoms with E-state index in [2.05, 4.69) is 25.9 Å². The zero-order chi connectivity index (χ0) is 18.4. The molecule has 1 aliphatic rings. The monoisotopic (exact) mass is 353 g/mol. The van der Waals surface area contributed by atoms with Gasteiger partial charge in [-0.05, 0) is 56.9 Å². The van der Waals surface area contributed by atoms with Crippen molar-refractivity contribution >= 4 is 29.0 Å². The molecule has 1 fully saturated rings. The highest BCUT2D eigenvalue weighted by Gasteiger charge is 2.18. The van der Waals surface area contributed by atoms with E-state index in [-0.39, 0.29) is 5.91 Å². The van der Waals surface area contributed by atoms with Gasteiger partial charge in [-0.15, -0.1) is 0 Å². The third-order valence-corrected chi connectivity index (χ3v) is 4.58. The molecule has 0 aliphatic heterocycles. The Hall–Kier alpha value is -2.63. The molecule has 3 N–H and O–H groups in total. The number of carbonyl (C=O) groups excluding carboxylic acids is 1. The minimum Gasteiger partial charge on any atom is -0.354 e. The van der Waals surface area contributed by atoms with Gasteiger partial charge in [-0.25, -0.2) is 4.98 Å². The van der Waals surface area contributed by atoms with E-state index in [0.717, 1.165) is 29.4 Å². The molecular weight excluding hydrogens is 326 g/mol. The molecule has 0 radical (unpaired) electrons. The molecule has 3 rings (SSSR count). The second-order valence-corrected chi connectivity index (χ2v) is 6.85. The van der Waals surface area contributed by atoms with Crippen molar-refractivity contribution in [2.45, 2.75) is 46.0 Å². The van der Waals surface area contributed by atoms with Crippen LogP contribution in [0.15, 0.2) is 30.3 Å². The average molecular weight is 353 g/mol. The smallest absolute Gasteiger partial charge is 0.224 e. The number of benzene rings is 1. The fourth-order valence-corrected chi connectivity index (χ4v) is 3.34. The van der Waals surface area contributed by atoms with Crippen molar-refractivity contribution in [2.75, 3.05) is 22.5 Å². The largest absolute Gasteiger partial charge is 0.354 e. The Kier molecular flexibility index (Phi) is 6.04. The van der Waals surface area contributed by atoms with Crippen LogP contribution in [0.1, 0.15) is 44.7 Å². The molecule has 1 aromatic heterocycles. The van der Waals surface area contributed by atoms with E-state index < -0.39 is 0 Å². The van der Waals surface area contributed by atoms with Crippen LogP contribution in [0, 0.1) is 12.8 Å². The summed E-state index contributed by atoms with van der Waals surface area (Å²) in [5.41, 5.74) is 2.64. The van der Waals surface area contributed by atoms with Crippen molar-refractivity contribution in [2.24, 2.45) is 5.92 Å². The van der Waals surface area contributed by atoms with Gasteiger partial charge in [0.25, 0.3) is 0 Å². The van der Waals surface area contributed by atoms with Crippen LogP contribution in [-0.4, -0.2) is 22.4 Å². The lowest BCUT2D eigenvalue weighted by Crippen LogP contribution is -2.15. The van der Waals surface area contributed by atoms with Crippen molar-refractivity contribution in [1.29, 1.82) is 0 Å². The number of hydrogen-bond acceptors (Lipinski definition) is 5. The van der Waals surface area contributed by atoms with Gasteiger partial charge in [0.05, 0.1) is 0 Å². The van der Waals surface area contributed by atoms with Crippen LogP contribution in [0.4, 0.5) is 23.1 Å². The van der Waals surface area contributed by atoms with Gasteiger partial charge in [0.2, 0.25) is 11.9 Å². The van der Waals surface area contributed by atoms with E-state index in [4.69, 9.17) is 0 Å². The second kappa shape index (κ2) is 8.65. The summed E-state index contributed by atoms with van der Waals surface area (Å²) in [6, 6.07) is 9.60. The van der Waals surface area contributed by atoms with E-state index in [0.29, 0.717) is 18.3 Å². The van der Waals surface area contributed by atoms with E-state index >= 15 is 0 Å². The molecule has 0 bridgehead atoms. The molecule has 0 saturated heterocycles. The summed E-state index contributed by atoms with van der Waals surface area (Å²) in [6.07, 6.45) is 5.52. The number of amides is 1. The SMILES string of the molecule is CCNc1nc(C)cc(Nc2ccc(NC(=O)CC3CCCC3)cc2)n1. The van der Waals surface area contributed by atoms with Gasteiger partial charge >= 0.3 is 0 Å². The van der Waals surface area contributed by atoms with Gasteiger partial charge < -0.3 is 16.0 Å². The standard InChI is InChI=1S/C20H27N5O/c1-3-21-20-22-14(2)12-18(25-20)23-16-8-10-17(11-9-16)24-19(26)13-15-6-4-5-7-15/h8-12,15H,3-7,13H2,1-2H3,(H,24,26)(H2,21,22,23,25). The summed E-state index contributed by atoms with van der Waals surface area (Å²) in [4.78, 5) is 20.9. The van der Waals surface area contributed by atoms with Crippen molar-refractivity contribution in [3.05, 3.63) is 36.0 Å². The molecule has 1 amide bonds. The van der Waals surface area contributed by atoms with E-state index in [1.807, 2.05) is 44.2 Å². The fraction of sp³-hybridized carbons (Fsp3) is 0.450. The normalized spacial score (nSPS) is 14.2. The van der Waals surface area contributed by atoms with Crippen LogP contribution in [0.3, 0.4) is 0 Å². The van der Waals surface area contributed by atoms with Crippen LogP contribution >= 0.6 is 0 Å². The molecule has 2 aromatic rings. The van der Waals surface area contributed by atoms with Crippen molar-refractivity contribution in [3.8, 4) is 0 Å². The Labute approximate surface area is 154 Å². The van der Waals surface area contributed by atoms with Crippen molar-refractivity contribution in [1.82, 2.24) is 9.97 Å². The second-order valence-electron chi connectivity index (χ2n) is 6.85. The molecule has 6 heteroatoms. The number of hydrogen-bond donors (Lipinski definition) is 3. The molecule has 138 valence electrons. The maximum atomic E-state index is 12.1. The van der Waals surface area contributed by atoms with Gasteiger partial charge in [0.15, 0.2) is 0 Å². The Morgan fingerprint density at radius 3 is 2.50 bits per heavy atom. The summed E-state index contributed by atoms with van der Waals surface area (Å²) in [6.45, 7) is 4.73. The van der Waals surface area contributed by atoms with Crippen LogP contribution in [0.25, 0.3) is 0 Å². The van der Waals surface area contributed by atoms with Gasteiger partial charge in [0.1, 0.15) is 5.82 Å². The van der Waals surface area contributed by atoms with Gasteiger partial charge in [-0.1, -0.05) is 12.8 Å². The molecular formula is C20H27N5O. The van der Waals surface area contributed by atoms with E-state index in [1.165, 1.54) is 25.7 Å². The first kappa shape index (κ1) is 18.2. The first-order valence-corrected chi connectivity index (χ1v) is 9.39. The molecule has 0 spiro atoms. The number of anilines is 4. The first-order valence-electron chi connectivity index (χ1n) is 9.39. The van der Waals surface area contributed by atoms with Gasteiger partial charge in [-0.2, -0.15) is 4.98 Å². The summed E-state index contributed by atoms with van der Waals surface area (Å²) in [5.74, 6) is 2.03. The number of nitrogens with one attached hydrogen (secondary N) is 3. The maximum absolute atomic E-state index is 12.1. The molecule has 0 unspecified atom stereocenters. The van der Waals surface area contributed by atoms with Gasteiger partial charge in [-0.3, -0.25) is 4.79 Å². The zero-order valence-corrected chi connectivity index (χ0v) is 15.5. The van der Waals surface area contributed by atoms with Crippen LogP contribution < -0.4 is 16.0 Å². The third-order valence-electron chi connectivity index (χ3n) is 4.58. The Morgan fingerprint density at radius 2 is 1.81 bits per heavy atom. The highest BCUT2D eigenvalue weighted by atomic mass is 16.1. The predicted molar refractivity (Wildman–Crippen MR) is 106 cm³/mol. The van der Waals surface area contributed by atoms with E-state index in [1.54, 1.807) is 0 Å². The summed E-state index contributed by atoms with van der Waals surface area (Å²) in [5, 5.41) is 9.40.